The van der Waals surface area contributed by atoms with Gasteiger partial charge in [-0.1, -0.05) is 23.7 Å². The molecule has 2 heterocycles. The Labute approximate surface area is 207 Å². The minimum absolute atomic E-state index is 0.0544. The number of anilines is 1. The van der Waals surface area contributed by atoms with Crippen LogP contribution in [0, 0.1) is 10.1 Å². The number of halogens is 1. The first-order valence-corrected chi connectivity index (χ1v) is 11.2. The smallest absolute Gasteiger partial charge is 0.294 e. The van der Waals surface area contributed by atoms with Gasteiger partial charge in [-0.2, -0.15) is 0 Å². The minimum atomic E-state index is -0.661. The van der Waals surface area contributed by atoms with E-state index in [4.69, 9.17) is 20.8 Å². The number of nitrogens with zero attached hydrogens (tertiary/aromatic N) is 2. The SMILES string of the molecule is COc1ccc(NC(=O)CN2C(=O)S/C(=C/c3ccc(-c4ccccc4[N+](=O)[O-])o3)C2=O)cc1Cl. The highest BCUT2D eigenvalue weighted by atomic mass is 35.5. The lowest BCUT2D eigenvalue weighted by atomic mass is 10.1. The summed E-state index contributed by atoms with van der Waals surface area (Å²) in [6.07, 6.45) is 1.35. The first kappa shape index (κ1) is 24.0. The number of furan rings is 1. The molecule has 10 nitrogen and oxygen atoms in total. The van der Waals surface area contributed by atoms with Gasteiger partial charge in [-0.15, -0.1) is 0 Å². The zero-order chi connectivity index (χ0) is 25.1. The number of benzene rings is 2. The summed E-state index contributed by atoms with van der Waals surface area (Å²) in [5, 5.41) is 13.5. The Kier molecular flexibility index (Phi) is 6.90. The van der Waals surface area contributed by atoms with E-state index in [1.54, 1.807) is 30.3 Å². The number of nitro groups is 1. The van der Waals surface area contributed by atoms with Crippen molar-refractivity contribution in [2.24, 2.45) is 0 Å². The van der Waals surface area contributed by atoms with E-state index in [-0.39, 0.29) is 32.7 Å². The van der Waals surface area contributed by atoms with Crippen molar-refractivity contribution in [2.45, 2.75) is 0 Å². The van der Waals surface area contributed by atoms with E-state index in [1.807, 2.05) is 0 Å². The quantitative estimate of drug-likeness (QED) is 0.259. The molecule has 35 heavy (non-hydrogen) atoms. The third-order valence-electron chi connectivity index (χ3n) is 4.88. The predicted octanol–water partition coefficient (Wildman–Crippen LogP) is 5.19. The summed E-state index contributed by atoms with van der Waals surface area (Å²) >= 11 is 6.70. The molecule has 1 aliphatic heterocycles. The lowest BCUT2D eigenvalue weighted by Crippen LogP contribution is -2.36. The van der Waals surface area contributed by atoms with E-state index in [0.29, 0.717) is 23.2 Å². The number of rotatable bonds is 7. The number of hydrogen-bond donors (Lipinski definition) is 1. The third kappa shape index (κ3) is 5.20. The van der Waals surface area contributed by atoms with E-state index in [1.165, 1.54) is 37.5 Å². The Hall–Kier alpha value is -4.09. The Bertz CT molecular complexity index is 1380. The molecule has 0 saturated carbocycles. The van der Waals surface area contributed by atoms with Crippen molar-refractivity contribution >= 4 is 57.9 Å². The van der Waals surface area contributed by atoms with Gasteiger partial charge in [0.1, 0.15) is 23.8 Å². The molecule has 1 aliphatic rings. The molecule has 178 valence electrons. The third-order valence-corrected chi connectivity index (χ3v) is 6.08. The highest BCUT2D eigenvalue weighted by Crippen LogP contribution is 2.35. The number of para-hydroxylation sites is 1. The lowest BCUT2D eigenvalue weighted by Gasteiger charge is -2.13. The second-order valence-corrected chi connectivity index (χ2v) is 8.54. The van der Waals surface area contributed by atoms with Crippen LogP contribution in [0.2, 0.25) is 5.02 Å². The van der Waals surface area contributed by atoms with Crippen molar-refractivity contribution < 1.29 is 28.5 Å². The van der Waals surface area contributed by atoms with Crippen LogP contribution in [0.5, 0.6) is 5.75 Å². The fourth-order valence-corrected chi connectivity index (χ4v) is 4.35. The van der Waals surface area contributed by atoms with Crippen molar-refractivity contribution in [2.75, 3.05) is 19.0 Å². The summed E-state index contributed by atoms with van der Waals surface area (Å²) in [5.74, 6) is -0.358. The molecule has 1 fully saturated rings. The monoisotopic (exact) mass is 513 g/mol. The van der Waals surface area contributed by atoms with Gasteiger partial charge in [0.15, 0.2) is 0 Å². The van der Waals surface area contributed by atoms with Gasteiger partial charge >= 0.3 is 0 Å². The molecule has 0 radical (unpaired) electrons. The van der Waals surface area contributed by atoms with Crippen LogP contribution in [0.4, 0.5) is 16.2 Å². The van der Waals surface area contributed by atoms with E-state index in [0.717, 1.165) is 4.90 Å². The molecule has 3 amide bonds. The first-order chi connectivity index (χ1) is 16.8. The van der Waals surface area contributed by atoms with Crippen LogP contribution in [0.25, 0.3) is 17.4 Å². The van der Waals surface area contributed by atoms with Gasteiger partial charge in [-0.25, -0.2) is 0 Å². The zero-order valence-corrected chi connectivity index (χ0v) is 19.6. The molecule has 0 atom stereocenters. The maximum atomic E-state index is 12.7. The highest BCUT2D eigenvalue weighted by Gasteiger charge is 2.36. The van der Waals surface area contributed by atoms with Gasteiger partial charge in [0.05, 0.1) is 27.5 Å². The van der Waals surface area contributed by atoms with Crippen LogP contribution < -0.4 is 10.1 Å². The van der Waals surface area contributed by atoms with Crippen molar-refractivity contribution in [3.8, 4) is 17.1 Å². The standard InChI is InChI=1S/C23H16ClN3O7S/c1-33-19-8-6-13(10-16(19)24)25-21(28)12-26-22(29)20(35-23(26)30)11-14-7-9-18(34-14)15-4-2-3-5-17(15)27(31)32/h2-11H,12H2,1H3,(H,25,28)/b20-11+. The van der Waals surface area contributed by atoms with Crippen LogP contribution in [0.3, 0.4) is 0 Å². The highest BCUT2D eigenvalue weighted by molar-refractivity contribution is 8.18. The number of nitro benzene ring substituents is 1. The van der Waals surface area contributed by atoms with Gasteiger partial charge < -0.3 is 14.5 Å². The molecule has 1 saturated heterocycles. The van der Waals surface area contributed by atoms with Crippen LogP contribution >= 0.6 is 23.4 Å². The summed E-state index contributed by atoms with van der Waals surface area (Å²) in [6, 6.07) is 13.8. The van der Waals surface area contributed by atoms with Gasteiger partial charge in [0, 0.05) is 17.8 Å². The van der Waals surface area contributed by atoms with E-state index in [9.17, 15) is 24.5 Å². The van der Waals surface area contributed by atoms with Crippen molar-refractivity contribution in [1.82, 2.24) is 4.90 Å². The number of thioether (sulfide) groups is 1. The fraction of sp³-hybridized carbons (Fsp3) is 0.0870. The predicted molar refractivity (Wildman–Crippen MR) is 130 cm³/mol. The van der Waals surface area contributed by atoms with Crippen LogP contribution in [-0.4, -0.2) is 40.5 Å². The van der Waals surface area contributed by atoms with E-state index >= 15 is 0 Å². The normalized spacial score (nSPS) is 14.5. The van der Waals surface area contributed by atoms with Crippen molar-refractivity contribution in [1.29, 1.82) is 0 Å². The molecular weight excluding hydrogens is 498 g/mol. The van der Waals surface area contributed by atoms with Gasteiger partial charge in [0.2, 0.25) is 5.91 Å². The van der Waals surface area contributed by atoms with Gasteiger partial charge in [-0.3, -0.25) is 29.4 Å². The second-order valence-electron chi connectivity index (χ2n) is 7.14. The maximum absolute atomic E-state index is 12.7. The Balaban J connectivity index is 1.46. The molecule has 2 aromatic carbocycles. The Morgan fingerprint density at radius 3 is 2.71 bits per heavy atom. The number of imide groups is 1. The number of amides is 3. The number of carbonyl (C=O) groups is 3. The van der Waals surface area contributed by atoms with Crippen LogP contribution in [0.15, 0.2) is 63.9 Å². The topological polar surface area (TPSA) is 132 Å². The van der Waals surface area contributed by atoms with Crippen LogP contribution in [-0.2, 0) is 9.59 Å². The van der Waals surface area contributed by atoms with Gasteiger partial charge in [-0.05, 0) is 48.2 Å². The number of hydrogen-bond acceptors (Lipinski definition) is 8. The molecule has 0 unspecified atom stereocenters. The zero-order valence-electron chi connectivity index (χ0n) is 18.0. The summed E-state index contributed by atoms with van der Waals surface area (Å²) in [5.41, 5.74) is 0.528. The Morgan fingerprint density at radius 1 is 1.23 bits per heavy atom. The molecular formula is C23H16ClN3O7S. The first-order valence-electron chi connectivity index (χ1n) is 9.99. The number of methoxy groups -OCH3 is 1. The van der Waals surface area contributed by atoms with Gasteiger partial charge in [0.25, 0.3) is 16.8 Å². The molecule has 3 aromatic rings. The van der Waals surface area contributed by atoms with E-state index in [2.05, 4.69) is 5.32 Å². The minimum Gasteiger partial charge on any atom is -0.495 e. The second kappa shape index (κ2) is 10.0. The molecule has 0 bridgehead atoms. The average Bonchev–Trinajstić information content (AvgIpc) is 3.39. The van der Waals surface area contributed by atoms with Crippen molar-refractivity contribution in [3.63, 3.8) is 0 Å². The van der Waals surface area contributed by atoms with E-state index < -0.39 is 28.5 Å². The summed E-state index contributed by atoms with van der Waals surface area (Å²) < 4.78 is 10.7. The fourth-order valence-electron chi connectivity index (χ4n) is 3.27. The molecule has 0 aliphatic carbocycles. The molecule has 0 spiro atoms. The number of carbonyl (C=O) groups excluding carboxylic acids is 3. The summed E-state index contributed by atoms with van der Waals surface area (Å²) in [4.78, 5) is 49.1. The number of ether oxygens (including phenoxy) is 1. The Morgan fingerprint density at radius 2 is 2.00 bits per heavy atom. The van der Waals surface area contributed by atoms with Crippen LogP contribution in [0.1, 0.15) is 5.76 Å². The summed E-state index contributed by atoms with van der Waals surface area (Å²) in [6.45, 7) is -0.495. The lowest BCUT2D eigenvalue weighted by molar-refractivity contribution is -0.384. The molecule has 1 N–H and O–H groups in total. The molecule has 12 heteroatoms. The average molecular weight is 514 g/mol. The molecule has 4 rings (SSSR count). The largest absolute Gasteiger partial charge is 0.495 e. The number of nitrogens with one attached hydrogen (secondary N) is 1. The van der Waals surface area contributed by atoms with Crippen molar-refractivity contribution in [3.05, 3.63) is 80.4 Å². The summed E-state index contributed by atoms with van der Waals surface area (Å²) in [7, 11) is 1.46. The maximum Gasteiger partial charge on any atom is 0.294 e. The molecule has 1 aromatic heterocycles.